The Labute approximate surface area is 154 Å². The Kier molecular flexibility index (Phi) is 5.14. The zero-order valence-corrected chi connectivity index (χ0v) is 15.7. The molecule has 0 aliphatic rings. The maximum Gasteiger partial charge on any atom is 0.279 e. The monoisotopic (exact) mass is 392 g/mol. The molecule has 0 saturated heterocycles. The summed E-state index contributed by atoms with van der Waals surface area (Å²) >= 11 is 1.25. The lowest BCUT2D eigenvalue weighted by Crippen LogP contribution is -2.11. The molecule has 8 nitrogen and oxygen atoms in total. The lowest BCUT2D eigenvalue weighted by atomic mass is 10.1. The van der Waals surface area contributed by atoms with Gasteiger partial charge in [0.15, 0.2) is 21.3 Å². The molecule has 2 aromatic heterocycles. The number of carbonyl (C=O) groups excluding carboxylic acids is 1. The van der Waals surface area contributed by atoms with Crippen LogP contribution in [0, 0.1) is 6.92 Å². The van der Waals surface area contributed by atoms with Crippen LogP contribution in [0.3, 0.4) is 0 Å². The summed E-state index contributed by atoms with van der Waals surface area (Å²) in [6.45, 7) is 3.60. The summed E-state index contributed by atoms with van der Waals surface area (Å²) in [6.07, 6.45) is 0.554. The number of nitrogens with one attached hydrogen (secondary N) is 1. The quantitative estimate of drug-likeness (QED) is 0.686. The number of aryl methyl sites for hydroxylation is 1. The molecule has 0 saturated carbocycles. The fourth-order valence-corrected chi connectivity index (χ4v) is 4.15. The number of sulfone groups is 1. The van der Waals surface area contributed by atoms with Gasteiger partial charge in [-0.15, -0.1) is 10.2 Å². The van der Waals surface area contributed by atoms with Crippen molar-refractivity contribution in [1.29, 1.82) is 0 Å². The van der Waals surface area contributed by atoms with E-state index in [4.69, 9.17) is 4.52 Å². The Morgan fingerprint density at radius 1 is 1.23 bits per heavy atom. The van der Waals surface area contributed by atoms with Crippen LogP contribution in [0.4, 0.5) is 5.13 Å². The maximum absolute atomic E-state index is 12.2. The molecule has 1 N–H and O–H groups in total. The summed E-state index contributed by atoms with van der Waals surface area (Å²) in [5, 5.41) is 15.1. The normalized spacial score (nSPS) is 11.5. The summed E-state index contributed by atoms with van der Waals surface area (Å²) in [4.78, 5) is 12.4. The molecule has 0 radical (unpaired) electrons. The van der Waals surface area contributed by atoms with Crippen molar-refractivity contribution in [2.24, 2.45) is 0 Å². The van der Waals surface area contributed by atoms with Gasteiger partial charge in [0.05, 0.1) is 10.6 Å². The first kappa shape index (κ1) is 18.2. The smallest absolute Gasteiger partial charge is 0.279 e. The van der Waals surface area contributed by atoms with Crippen molar-refractivity contribution >= 4 is 32.2 Å². The first-order chi connectivity index (χ1) is 12.4. The molecule has 0 aliphatic heterocycles. The minimum Gasteiger partial charge on any atom is -0.355 e. The molecule has 0 atom stereocenters. The second kappa shape index (κ2) is 7.34. The first-order valence-corrected chi connectivity index (χ1v) is 10.3. The van der Waals surface area contributed by atoms with Crippen LogP contribution < -0.4 is 5.32 Å². The van der Waals surface area contributed by atoms with Gasteiger partial charge < -0.3 is 4.52 Å². The maximum atomic E-state index is 12.2. The number of hydrogen-bond acceptors (Lipinski definition) is 8. The van der Waals surface area contributed by atoms with Crippen LogP contribution >= 0.6 is 11.3 Å². The molecule has 1 aromatic carbocycles. The average Bonchev–Trinajstić information content (AvgIpc) is 3.24. The molecule has 10 heteroatoms. The fraction of sp³-hybridized carbons (Fsp3) is 0.250. The number of carbonyl (C=O) groups is 1. The van der Waals surface area contributed by atoms with E-state index in [0.29, 0.717) is 22.9 Å². The van der Waals surface area contributed by atoms with E-state index in [-0.39, 0.29) is 16.3 Å². The third kappa shape index (κ3) is 3.97. The highest BCUT2D eigenvalue weighted by molar-refractivity contribution is 7.91. The van der Waals surface area contributed by atoms with Crippen molar-refractivity contribution in [1.82, 2.24) is 15.4 Å². The Balaban J connectivity index is 1.76. The highest BCUT2D eigenvalue weighted by Crippen LogP contribution is 2.23. The number of rotatable bonds is 6. The number of benzene rings is 1. The number of amides is 1. The number of hydrogen-bond donors (Lipinski definition) is 1. The third-order valence-electron chi connectivity index (χ3n) is 3.46. The van der Waals surface area contributed by atoms with Gasteiger partial charge in [-0.1, -0.05) is 23.4 Å². The zero-order chi connectivity index (χ0) is 18.7. The van der Waals surface area contributed by atoms with Crippen LogP contribution in [0.25, 0.3) is 11.3 Å². The molecule has 1 amide bonds. The van der Waals surface area contributed by atoms with Crippen LogP contribution in [0.1, 0.15) is 28.8 Å². The summed E-state index contributed by atoms with van der Waals surface area (Å²) in [7, 11) is -3.27. The Morgan fingerprint density at radius 3 is 2.58 bits per heavy atom. The molecule has 0 aliphatic carbocycles. The SMILES string of the molecule is CCCS(=O)(=O)c1ccc(-c2cc(C(=O)Nc3nnc(C)s3)no2)cc1. The topological polar surface area (TPSA) is 115 Å². The second-order valence-electron chi connectivity index (χ2n) is 5.50. The lowest BCUT2D eigenvalue weighted by molar-refractivity contribution is 0.101. The summed E-state index contributed by atoms with van der Waals surface area (Å²) in [6, 6.07) is 7.77. The summed E-state index contributed by atoms with van der Waals surface area (Å²) in [5.41, 5.74) is 0.717. The standard InChI is InChI=1S/C16H16N4O4S2/c1-3-8-26(22,23)12-6-4-11(5-7-12)14-9-13(20-24-14)15(21)17-16-19-18-10(2)25-16/h4-7,9H,3,8H2,1-2H3,(H,17,19,21). The molecular weight excluding hydrogens is 376 g/mol. The van der Waals surface area contributed by atoms with Crippen LogP contribution in [0.5, 0.6) is 0 Å². The van der Waals surface area contributed by atoms with E-state index in [9.17, 15) is 13.2 Å². The van der Waals surface area contributed by atoms with Gasteiger partial charge in [0, 0.05) is 11.6 Å². The molecule has 136 valence electrons. The average molecular weight is 392 g/mol. The van der Waals surface area contributed by atoms with Gasteiger partial charge in [-0.05, 0) is 37.6 Å². The Bertz CT molecular complexity index is 1020. The van der Waals surface area contributed by atoms with E-state index >= 15 is 0 Å². The van der Waals surface area contributed by atoms with E-state index in [1.807, 2.05) is 6.92 Å². The van der Waals surface area contributed by atoms with E-state index in [0.717, 1.165) is 5.01 Å². The predicted octanol–water partition coefficient (Wildman–Crippen LogP) is 2.94. The van der Waals surface area contributed by atoms with Gasteiger partial charge >= 0.3 is 0 Å². The predicted molar refractivity (Wildman–Crippen MR) is 96.9 cm³/mol. The molecule has 2 heterocycles. The zero-order valence-electron chi connectivity index (χ0n) is 14.1. The van der Waals surface area contributed by atoms with Gasteiger partial charge in [0.25, 0.3) is 5.91 Å². The number of nitrogens with zero attached hydrogens (tertiary/aromatic N) is 3. The van der Waals surface area contributed by atoms with Gasteiger partial charge in [-0.3, -0.25) is 10.1 Å². The third-order valence-corrected chi connectivity index (χ3v) is 6.15. The molecule has 0 fully saturated rings. The number of aromatic nitrogens is 3. The van der Waals surface area contributed by atoms with E-state index < -0.39 is 15.7 Å². The van der Waals surface area contributed by atoms with E-state index in [1.54, 1.807) is 19.1 Å². The van der Waals surface area contributed by atoms with E-state index in [2.05, 4.69) is 20.7 Å². The Hall–Kier alpha value is -2.59. The molecule has 3 rings (SSSR count). The molecule has 3 aromatic rings. The van der Waals surface area contributed by atoms with Crippen molar-refractivity contribution in [2.75, 3.05) is 11.1 Å². The van der Waals surface area contributed by atoms with Crippen molar-refractivity contribution in [2.45, 2.75) is 25.2 Å². The highest BCUT2D eigenvalue weighted by atomic mass is 32.2. The van der Waals surface area contributed by atoms with Gasteiger partial charge in [0.1, 0.15) is 5.01 Å². The van der Waals surface area contributed by atoms with Crippen molar-refractivity contribution in [3.63, 3.8) is 0 Å². The summed E-state index contributed by atoms with van der Waals surface area (Å²) in [5.74, 6) is 0.00526. The van der Waals surface area contributed by atoms with Crippen LogP contribution in [-0.2, 0) is 9.84 Å². The molecule has 0 bridgehead atoms. The molecular formula is C16H16N4O4S2. The van der Waals surface area contributed by atoms with Gasteiger partial charge in [-0.25, -0.2) is 8.42 Å². The minimum atomic E-state index is -3.27. The van der Waals surface area contributed by atoms with E-state index in [1.165, 1.54) is 29.5 Å². The largest absolute Gasteiger partial charge is 0.355 e. The lowest BCUT2D eigenvalue weighted by Gasteiger charge is -2.03. The van der Waals surface area contributed by atoms with Crippen LogP contribution in [-0.4, -0.2) is 35.4 Å². The first-order valence-electron chi connectivity index (χ1n) is 7.80. The van der Waals surface area contributed by atoms with Gasteiger partial charge in [0.2, 0.25) is 5.13 Å². The Morgan fingerprint density at radius 2 is 1.96 bits per heavy atom. The van der Waals surface area contributed by atoms with Gasteiger partial charge in [-0.2, -0.15) is 0 Å². The highest BCUT2D eigenvalue weighted by Gasteiger charge is 2.17. The molecule has 0 unspecified atom stereocenters. The minimum absolute atomic E-state index is 0.0931. The number of anilines is 1. The summed E-state index contributed by atoms with van der Waals surface area (Å²) < 4.78 is 29.3. The molecule has 0 spiro atoms. The molecule has 26 heavy (non-hydrogen) atoms. The van der Waals surface area contributed by atoms with Crippen molar-refractivity contribution < 1.29 is 17.7 Å². The van der Waals surface area contributed by atoms with Crippen LogP contribution in [0.2, 0.25) is 0 Å². The second-order valence-corrected chi connectivity index (χ2v) is 8.79. The fourth-order valence-electron chi connectivity index (χ4n) is 2.24. The van der Waals surface area contributed by atoms with Crippen molar-refractivity contribution in [3.05, 3.63) is 41.0 Å². The van der Waals surface area contributed by atoms with Crippen molar-refractivity contribution in [3.8, 4) is 11.3 Å². The van der Waals surface area contributed by atoms with Crippen LogP contribution in [0.15, 0.2) is 39.8 Å².